The number of rotatable bonds is 2. The molecule has 0 spiro atoms. The van der Waals surface area contributed by atoms with Crippen molar-refractivity contribution in [3.8, 4) is 5.82 Å². The fourth-order valence-corrected chi connectivity index (χ4v) is 2.54. The summed E-state index contributed by atoms with van der Waals surface area (Å²) in [7, 11) is 0. The van der Waals surface area contributed by atoms with Crippen LogP contribution >= 0.6 is 15.9 Å². The Balaban J connectivity index is 2.21. The van der Waals surface area contributed by atoms with Crippen LogP contribution < -0.4 is 5.73 Å². The highest BCUT2D eigenvalue weighted by Crippen LogP contribution is 2.24. The van der Waals surface area contributed by atoms with Gasteiger partial charge in [-0.1, -0.05) is 0 Å². The minimum atomic E-state index is 0.0267. The van der Waals surface area contributed by atoms with E-state index in [0.717, 1.165) is 29.4 Å². The fourth-order valence-electron chi connectivity index (χ4n) is 2.25. The molecular weight excluding hydrogens is 294 g/mol. The summed E-state index contributed by atoms with van der Waals surface area (Å²) in [6.07, 6.45) is 6.63. The highest BCUT2D eigenvalue weighted by Gasteiger charge is 2.19. The molecule has 92 valence electrons. The Labute approximate surface area is 113 Å². The molecule has 2 heterocycles. The van der Waals surface area contributed by atoms with Gasteiger partial charge in [0.1, 0.15) is 5.84 Å². The monoisotopic (exact) mass is 305 g/mol. The summed E-state index contributed by atoms with van der Waals surface area (Å²) in [4.78, 5) is 4.62. The van der Waals surface area contributed by atoms with E-state index in [0.29, 0.717) is 11.4 Å². The van der Waals surface area contributed by atoms with E-state index in [9.17, 15) is 0 Å². The molecule has 0 amide bonds. The Kier molecular flexibility index (Phi) is 2.66. The van der Waals surface area contributed by atoms with E-state index in [-0.39, 0.29) is 5.84 Å². The maximum atomic E-state index is 7.68. The summed E-state index contributed by atoms with van der Waals surface area (Å²) in [6.45, 7) is 0. The Morgan fingerprint density at radius 2 is 2.28 bits per heavy atom. The molecule has 0 saturated heterocycles. The van der Waals surface area contributed by atoms with Crippen LogP contribution in [0.2, 0.25) is 0 Å². The van der Waals surface area contributed by atoms with Crippen LogP contribution in [0.5, 0.6) is 0 Å². The van der Waals surface area contributed by atoms with Gasteiger partial charge < -0.3 is 5.73 Å². The lowest BCUT2D eigenvalue weighted by Gasteiger charge is -2.10. The molecule has 5 nitrogen and oxygen atoms in total. The van der Waals surface area contributed by atoms with Gasteiger partial charge in [0.05, 0.1) is 16.2 Å². The van der Waals surface area contributed by atoms with Crippen LogP contribution in [0.1, 0.15) is 23.2 Å². The number of amidine groups is 1. The molecular formula is C12H12BrN5. The van der Waals surface area contributed by atoms with Crippen LogP contribution in [0.25, 0.3) is 5.82 Å². The zero-order valence-corrected chi connectivity index (χ0v) is 11.2. The van der Waals surface area contributed by atoms with Crippen molar-refractivity contribution in [3.05, 3.63) is 39.8 Å². The minimum absolute atomic E-state index is 0.0267. The normalized spacial score (nSPS) is 13.6. The van der Waals surface area contributed by atoms with Gasteiger partial charge in [-0.25, -0.2) is 9.67 Å². The predicted molar refractivity (Wildman–Crippen MR) is 72.1 cm³/mol. The van der Waals surface area contributed by atoms with Crippen molar-refractivity contribution < 1.29 is 0 Å². The van der Waals surface area contributed by atoms with Crippen molar-refractivity contribution in [2.75, 3.05) is 0 Å². The summed E-state index contributed by atoms with van der Waals surface area (Å²) in [6, 6.07) is 1.97. The number of hydrogen-bond acceptors (Lipinski definition) is 3. The minimum Gasteiger partial charge on any atom is -0.384 e. The van der Waals surface area contributed by atoms with Gasteiger partial charge in [0.15, 0.2) is 5.82 Å². The van der Waals surface area contributed by atoms with Gasteiger partial charge in [0.2, 0.25) is 0 Å². The average molecular weight is 306 g/mol. The number of nitrogen functional groups attached to an aromatic ring is 1. The van der Waals surface area contributed by atoms with E-state index < -0.39 is 0 Å². The molecule has 2 aromatic rings. The number of pyridine rings is 1. The summed E-state index contributed by atoms with van der Waals surface area (Å²) in [5.41, 5.74) is 8.59. The van der Waals surface area contributed by atoms with Crippen LogP contribution in [0.15, 0.2) is 22.9 Å². The zero-order valence-electron chi connectivity index (χ0n) is 9.65. The number of nitrogens with zero attached hydrogens (tertiary/aromatic N) is 3. The molecule has 6 heteroatoms. The third kappa shape index (κ3) is 1.82. The van der Waals surface area contributed by atoms with Crippen LogP contribution in [0.4, 0.5) is 0 Å². The van der Waals surface area contributed by atoms with Crippen molar-refractivity contribution in [1.29, 1.82) is 5.41 Å². The Morgan fingerprint density at radius 3 is 2.94 bits per heavy atom. The van der Waals surface area contributed by atoms with Crippen LogP contribution in [-0.4, -0.2) is 20.6 Å². The van der Waals surface area contributed by atoms with Crippen LogP contribution in [0, 0.1) is 5.41 Å². The highest BCUT2D eigenvalue weighted by molar-refractivity contribution is 9.10. The van der Waals surface area contributed by atoms with Gasteiger partial charge >= 0.3 is 0 Å². The first-order valence-corrected chi connectivity index (χ1v) is 6.52. The van der Waals surface area contributed by atoms with Crippen molar-refractivity contribution in [1.82, 2.24) is 14.8 Å². The van der Waals surface area contributed by atoms with E-state index in [1.54, 1.807) is 10.9 Å². The number of nitrogens with one attached hydrogen (secondary N) is 1. The van der Waals surface area contributed by atoms with Gasteiger partial charge in [-0.2, -0.15) is 5.10 Å². The molecule has 0 unspecified atom stereocenters. The number of aryl methyl sites for hydroxylation is 2. The van der Waals surface area contributed by atoms with Gasteiger partial charge in [0, 0.05) is 11.9 Å². The molecule has 2 aromatic heterocycles. The molecule has 0 aromatic carbocycles. The molecule has 0 saturated carbocycles. The third-order valence-electron chi connectivity index (χ3n) is 3.09. The molecule has 0 bridgehead atoms. The van der Waals surface area contributed by atoms with Crippen molar-refractivity contribution >= 4 is 21.8 Å². The van der Waals surface area contributed by atoms with E-state index >= 15 is 0 Å². The topological polar surface area (TPSA) is 80.6 Å². The van der Waals surface area contributed by atoms with E-state index in [2.05, 4.69) is 26.0 Å². The number of fused-ring (bicyclic) bond motifs is 1. The smallest absolute Gasteiger partial charge is 0.164 e. The zero-order chi connectivity index (χ0) is 12.7. The largest absolute Gasteiger partial charge is 0.384 e. The molecule has 1 aliphatic carbocycles. The molecule has 3 rings (SSSR count). The van der Waals surface area contributed by atoms with Crippen molar-refractivity contribution in [2.45, 2.75) is 19.3 Å². The Bertz CT molecular complexity index is 631. The summed E-state index contributed by atoms with van der Waals surface area (Å²) in [5, 5.41) is 11.9. The molecule has 1 aliphatic rings. The first kappa shape index (κ1) is 11.4. The molecule has 18 heavy (non-hydrogen) atoms. The van der Waals surface area contributed by atoms with Gasteiger partial charge in [-0.15, -0.1) is 0 Å². The molecule has 0 atom stereocenters. The predicted octanol–water partition coefficient (Wildman–Crippen LogP) is 1.80. The maximum absolute atomic E-state index is 7.68. The standard InChI is InChI=1S/C12H12BrN5/c13-8-5-16-18(6-8)12-9(11(14)15)4-7-2-1-3-10(7)17-12/h4-6H,1-3H2,(H3,14,15). The van der Waals surface area contributed by atoms with Crippen molar-refractivity contribution in [2.24, 2.45) is 5.73 Å². The Morgan fingerprint density at radius 1 is 1.44 bits per heavy atom. The quantitative estimate of drug-likeness (QED) is 0.656. The number of aromatic nitrogens is 3. The molecule has 0 radical (unpaired) electrons. The summed E-state index contributed by atoms with van der Waals surface area (Å²) in [5.74, 6) is 0.660. The van der Waals surface area contributed by atoms with Gasteiger partial charge in [-0.3, -0.25) is 5.41 Å². The number of hydrogen-bond donors (Lipinski definition) is 2. The highest BCUT2D eigenvalue weighted by atomic mass is 79.9. The first-order chi connectivity index (χ1) is 8.65. The number of halogens is 1. The van der Waals surface area contributed by atoms with E-state index in [1.807, 2.05) is 12.3 Å². The molecule has 3 N–H and O–H groups in total. The lowest BCUT2D eigenvalue weighted by Crippen LogP contribution is -2.17. The van der Waals surface area contributed by atoms with Crippen molar-refractivity contribution in [3.63, 3.8) is 0 Å². The molecule has 0 aliphatic heterocycles. The maximum Gasteiger partial charge on any atom is 0.164 e. The van der Waals surface area contributed by atoms with E-state index in [1.165, 1.54) is 5.56 Å². The second kappa shape index (κ2) is 4.20. The SMILES string of the molecule is N=C(N)c1cc2c(nc1-n1cc(Br)cn1)CCC2. The van der Waals surface area contributed by atoms with Crippen LogP contribution in [0.3, 0.4) is 0 Å². The van der Waals surface area contributed by atoms with Crippen LogP contribution in [-0.2, 0) is 12.8 Å². The fraction of sp³-hybridized carbons (Fsp3) is 0.250. The Hall–Kier alpha value is -1.69. The number of nitrogens with two attached hydrogens (primary N) is 1. The lowest BCUT2D eigenvalue weighted by molar-refractivity contribution is 0.828. The summed E-state index contributed by atoms with van der Waals surface area (Å²) >= 11 is 3.36. The average Bonchev–Trinajstić information content (AvgIpc) is 2.94. The first-order valence-electron chi connectivity index (χ1n) is 5.73. The third-order valence-corrected chi connectivity index (χ3v) is 3.50. The van der Waals surface area contributed by atoms with E-state index in [4.69, 9.17) is 11.1 Å². The second-order valence-electron chi connectivity index (χ2n) is 4.34. The lowest BCUT2D eigenvalue weighted by atomic mass is 10.1. The summed E-state index contributed by atoms with van der Waals surface area (Å²) < 4.78 is 2.53. The second-order valence-corrected chi connectivity index (χ2v) is 5.25. The van der Waals surface area contributed by atoms with Gasteiger partial charge in [0.25, 0.3) is 0 Å². The molecule has 0 fully saturated rings. The van der Waals surface area contributed by atoms with Gasteiger partial charge in [-0.05, 0) is 46.8 Å².